The molecule has 3 rings (SSSR count). The second kappa shape index (κ2) is 6.05. The number of nitrogen functional groups attached to an aromatic ring is 1. The van der Waals surface area contributed by atoms with Crippen LogP contribution in [0.4, 0.5) is 0 Å². The van der Waals surface area contributed by atoms with Gasteiger partial charge in [-0.3, -0.25) is 15.2 Å². The number of hydrogen-bond donors (Lipinski definition) is 3. The summed E-state index contributed by atoms with van der Waals surface area (Å²) < 4.78 is 6.73. The van der Waals surface area contributed by atoms with Gasteiger partial charge >= 0.3 is 0 Å². The second-order valence-electron chi connectivity index (χ2n) is 4.78. The summed E-state index contributed by atoms with van der Waals surface area (Å²) in [5.41, 5.74) is 6.06. The van der Waals surface area contributed by atoms with Crippen molar-refractivity contribution >= 4 is 33.2 Å². The molecule has 7 heteroatoms. The molecule has 0 bridgehead atoms. The number of amides is 1. The van der Waals surface area contributed by atoms with Crippen molar-refractivity contribution in [3.63, 3.8) is 0 Å². The summed E-state index contributed by atoms with van der Waals surface area (Å²) in [6, 6.07) is 8.70. The Labute approximate surface area is 136 Å². The van der Waals surface area contributed by atoms with Crippen LogP contribution in [-0.2, 0) is 0 Å². The van der Waals surface area contributed by atoms with Gasteiger partial charge in [-0.15, -0.1) is 11.3 Å². The molecule has 4 N–H and O–H groups in total. The molecular formula is C16H14N4O2S. The topological polar surface area (TPSA) is 101 Å². The van der Waals surface area contributed by atoms with Crippen molar-refractivity contribution in [2.24, 2.45) is 5.73 Å². The van der Waals surface area contributed by atoms with Crippen LogP contribution in [0.15, 0.2) is 42.7 Å². The van der Waals surface area contributed by atoms with Gasteiger partial charge in [0, 0.05) is 24.2 Å². The standard InChI is InChI=1S/C16H14N4O2S/c1-19-16(21)13-6-11-12(7-20-8-14(11)23-13)22-10-4-2-9(3-5-10)15(17)18/h2-8H,1H3,(H3,17,18)(H,19,21). The number of thiophene rings is 1. The number of pyridine rings is 1. The normalized spacial score (nSPS) is 10.5. The Bertz CT molecular complexity index is 887. The van der Waals surface area contributed by atoms with Crippen LogP contribution >= 0.6 is 11.3 Å². The van der Waals surface area contributed by atoms with Crippen LogP contribution in [0.25, 0.3) is 10.1 Å². The van der Waals surface area contributed by atoms with Gasteiger partial charge in [-0.1, -0.05) is 0 Å². The zero-order valence-corrected chi connectivity index (χ0v) is 13.1. The molecule has 0 atom stereocenters. The number of aromatic nitrogens is 1. The molecule has 3 aromatic rings. The van der Waals surface area contributed by atoms with Crippen molar-refractivity contribution in [1.82, 2.24) is 10.3 Å². The maximum absolute atomic E-state index is 11.8. The van der Waals surface area contributed by atoms with E-state index < -0.39 is 0 Å². The van der Waals surface area contributed by atoms with Gasteiger partial charge in [-0.05, 0) is 30.3 Å². The Kier molecular flexibility index (Phi) is 3.94. The average molecular weight is 326 g/mol. The minimum Gasteiger partial charge on any atom is -0.455 e. The number of rotatable bonds is 4. The summed E-state index contributed by atoms with van der Waals surface area (Å²) in [6.07, 6.45) is 3.32. The lowest BCUT2D eigenvalue weighted by molar-refractivity contribution is 0.0967. The molecule has 0 fully saturated rings. The third kappa shape index (κ3) is 3.00. The van der Waals surface area contributed by atoms with Crippen LogP contribution in [0.5, 0.6) is 11.5 Å². The van der Waals surface area contributed by atoms with E-state index in [0.29, 0.717) is 21.9 Å². The van der Waals surface area contributed by atoms with Crippen molar-refractivity contribution < 1.29 is 9.53 Å². The Morgan fingerprint density at radius 2 is 2.04 bits per heavy atom. The van der Waals surface area contributed by atoms with Gasteiger partial charge in [0.2, 0.25) is 0 Å². The largest absolute Gasteiger partial charge is 0.455 e. The molecule has 0 aliphatic carbocycles. The number of benzene rings is 1. The van der Waals surface area contributed by atoms with Crippen molar-refractivity contribution in [1.29, 1.82) is 5.41 Å². The third-order valence-corrected chi connectivity index (χ3v) is 4.32. The first-order chi connectivity index (χ1) is 11.1. The van der Waals surface area contributed by atoms with Gasteiger partial charge in [-0.25, -0.2) is 0 Å². The number of fused-ring (bicyclic) bond motifs is 1. The highest BCUT2D eigenvalue weighted by Gasteiger charge is 2.13. The fourth-order valence-corrected chi connectivity index (χ4v) is 3.07. The molecule has 116 valence electrons. The summed E-state index contributed by atoms with van der Waals surface area (Å²) in [7, 11) is 1.60. The quantitative estimate of drug-likeness (QED) is 0.507. The van der Waals surface area contributed by atoms with E-state index in [-0.39, 0.29) is 11.7 Å². The van der Waals surface area contributed by atoms with Gasteiger partial charge < -0.3 is 15.8 Å². The number of amidine groups is 1. The lowest BCUT2D eigenvalue weighted by Gasteiger charge is -2.07. The molecule has 23 heavy (non-hydrogen) atoms. The first kappa shape index (κ1) is 15.0. The molecule has 1 aromatic carbocycles. The van der Waals surface area contributed by atoms with Gasteiger partial charge in [0.15, 0.2) is 5.75 Å². The zero-order chi connectivity index (χ0) is 16.4. The highest BCUT2D eigenvalue weighted by Crippen LogP contribution is 2.34. The number of ether oxygens (including phenoxy) is 1. The van der Waals surface area contributed by atoms with Gasteiger partial charge in [0.1, 0.15) is 11.6 Å². The molecule has 0 saturated carbocycles. The molecule has 1 amide bonds. The Morgan fingerprint density at radius 1 is 1.30 bits per heavy atom. The first-order valence-corrected chi connectivity index (χ1v) is 7.62. The SMILES string of the molecule is CNC(=O)c1cc2c(Oc3ccc(C(=N)N)cc3)cncc2s1. The smallest absolute Gasteiger partial charge is 0.261 e. The van der Waals surface area contributed by atoms with E-state index in [1.54, 1.807) is 49.8 Å². The third-order valence-electron chi connectivity index (χ3n) is 3.25. The van der Waals surface area contributed by atoms with Gasteiger partial charge in [-0.2, -0.15) is 0 Å². The maximum atomic E-state index is 11.8. The van der Waals surface area contributed by atoms with E-state index in [1.807, 2.05) is 0 Å². The molecule has 6 nitrogen and oxygen atoms in total. The lowest BCUT2D eigenvalue weighted by atomic mass is 10.2. The monoisotopic (exact) mass is 326 g/mol. The van der Waals surface area contributed by atoms with Crippen LogP contribution in [0.3, 0.4) is 0 Å². The van der Waals surface area contributed by atoms with Crippen LogP contribution in [0.2, 0.25) is 0 Å². The molecular weight excluding hydrogens is 312 g/mol. The molecule has 0 aliphatic rings. The van der Waals surface area contributed by atoms with E-state index >= 15 is 0 Å². The van der Waals surface area contributed by atoms with E-state index in [1.165, 1.54) is 11.3 Å². The van der Waals surface area contributed by atoms with E-state index in [2.05, 4.69) is 10.3 Å². The van der Waals surface area contributed by atoms with Crippen molar-refractivity contribution in [2.75, 3.05) is 7.05 Å². The van der Waals surface area contributed by atoms with Crippen LogP contribution in [0, 0.1) is 5.41 Å². The Balaban J connectivity index is 1.94. The predicted molar refractivity (Wildman–Crippen MR) is 90.5 cm³/mol. The molecule has 0 radical (unpaired) electrons. The van der Waals surface area contributed by atoms with Gasteiger partial charge in [0.05, 0.1) is 15.8 Å². The highest BCUT2D eigenvalue weighted by atomic mass is 32.1. The highest BCUT2D eigenvalue weighted by molar-refractivity contribution is 7.20. The van der Waals surface area contributed by atoms with E-state index in [4.69, 9.17) is 15.9 Å². The zero-order valence-electron chi connectivity index (χ0n) is 12.3. The fourth-order valence-electron chi connectivity index (χ4n) is 2.08. The molecule has 0 aliphatic heterocycles. The van der Waals surface area contributed by atoms with Gasteiger partial charge in [0.25, 0.3) is 5.91 Å². The molecule has 0 saturated heterocycles. The summed E-state index contributed by atoms with van der Waals surface area (Å²) >= 11 is 1.36. The number of carbonyl (C=O) groups excluding carboxylic acids is 1. The van der Waals surface area contributed by atoms with E-state index in [9.17, 15) is 4.79 Å². The minimum atomic E-state index is -0.136. The van der Waals surface area contributed by atoms with Crippen LogP contribution in [0.1, 0.15) is 15.2 Å². The number of nitrogens with zero attached hydrogens (tertiary/aromatic N) is 1. The van der Waals surface area contributed by atoms with Crippen molar-refractivity contribution in [3.8, 4) is 11.5 Å². The lowest BCUT2D eigenvalue weighted by Crippen LogP contribution is -2.15. The van der Waals surface area contributed by atoms with Crippen molar-refractivity contribution in [3.05, 3.63) is 53.2 Å². The summed E-state index contributed by atoms with van der Waals surface area (Å²) in [5, 5.41) is 10.8. The minimum absolute atomic E-state index is 0.00775. The number of hydrogen-bond acceptors (Lipinski definition) is 5. The van der Waals surface area contributed by atoms with Crippen LogP contribution < -0.4 is 15.8 Å². The fraction of sp³-hybridized carbons (Fsp3) is 0.0625. The number of nitrogens with two attached hydrogens (primary N) is 1. The molecule has 0 spiro atoms. The Morgan fingerprint density at radius 3 is 2.70 bits per heavy atom. The average Bonchev–Trinajstić information content (AvgIpc) is 3.00. The molecule has 2 heterocycles. The predicted octanol–water partition coefficient (Wildman–Crippen LogP) is 2.73. The number of nitrogens with one attached hydrogen (secondary N) is 2. The number of carbonyl (C=O) groups is 1. The molecule has 0 unspecified atom stereocenters. The maximum Gasteiger partial charge on any atom is 0.261 e. The summed E-state index contributed by atoms with van der Waals surface area (Å²) in [6.45, 7) is 0. The summed E-state index contributed by atoms with van der Waals surface area (Å²) in [5.74, 6) is 1.05. The van der Waals surface area contributed by atoms with E-state index in [0.717, 1.165) is 10.1 Å². The first-order valence-electron chi connectivity index (χ1n) is 6.80. The van der Waals surface area contributed by atoms with Crippen LogP contribution in [-0.4, -0.2) is 23.8 Å². The second-order valence-corrected chi connectivity index (χ2v) is 5.86. The van der Waals surface area contributed by atoms with Crippen molar-refractivity contribution in [2.45, 2.75) is 0 Å². The summed E-state index contributed by atoms with van der Waals surface area (Å²) in [4.78, 5) is 16.5. The Hall–Kier alpha value is -2.93. The molecule has 2 aromatic heterocycles.